The van der Waals surface area contributed by atoms with E-state index in [1.54, 1.807) is 7.11 Å². The highest BCUT2D eigenvalue weighted by Crippen LogP contribution is 2.27. The van der Waals surface area contributed by atoms with Gasteiger partial charge >= 0.3 is 0 Å². The second-order valence-corrected chi connectivity index (χ2v) is 4.73. The van der Waals surface area contributed by atoms with Crippen molar-refractivity contribution >= 4 is 15.9 Å². The van der Waals surface area contributed by atoms with Crippen molar-refractivity contribution < 1.29 is 4.74 Å². The minimum absolute atomic E-state index is 0.741. The molecule has 0 aliphatic heterocycles. The molecule has 1 saturated carbocycles. The number of methoxy groups -OCH3 is 1. The first-order valence-corrected chi connectivity index (χ1v) is 5.37. The second-order valence-electron chi connectivity index (χ2n) is 3.44. The van der Waals surface area contributed by atoms with Crippen molar-refractivity contribution in [2.24, 2.45) is 5.92 Å². The summed E-state index contributed by atoms with van der Waals surface area (Å²) in [5, 5.41) is 0. The van der Waals surface area contributed by atoms with Crippen LogP contribution in [0.1, 0.15) is 32.1 Å². The lowest BCUT2D eigenvalue weighted by Gasteiger charge is -2.14. The molecule has 0 N–H and O–H groups in total. The molecule has 66 valence electrons. The van der Waals surface area contributed by atoms with Crippen LogP contribution in [0.15, 0.2) is 0 Å². The summed E-state index contributed by atoms with van der Waals surface area (Å²) >= 11 is 3.69. The maximum absolute atomic E-state index is 5.16. The van der Waals surface area contributed by atoms with Gasteiger partial charge < -0.3 is 4.74 Å². The van der Waals surface area contributed by atoms with E-state index >= 15 is 0 Å². The third kappa shape index (κ3) is 3.57. The van der Waals surface area contributed by atoms with E-state index < -0.39 is 0 Å². The average Bonchev–Trinajstić information content (AvgIpc) is 2.15. The maximum Gasteiger partial charge on any atom is 0.0490 e. The fourth-order valence-electron chi connectivity index (χ4n) is 1.78. The maximum atomic E-state index is 5.16. The first-order valence-electron chi connectivity index (χ1n) is 4.46. The van der Waals surface area contributed by atoms with Gasteiger partial charge in [0.25, 0.3) is 0 Å². The molecule has 2 unspecified atom stereocenters. The molecule has 1 rings (SSSR count). The minimum atomic E-state index is 0.741. The van der Waals surface area contributed by atoms with Crippen LogP contribution in [0.5, 0.6) is 0 Å². The Morgan fingerprint density at radius 1 is 1.36 bits per heavy atom. The Hall–Kier alpha value is 0.440. The van der Waals surface area contributed by atoms with Gasteiger partial charge in [-0.1, -0.05) is 28.8 Å². The summed E-state index contributed by atoms with van der Waals surface area (Å²) in [5.74, 6) is 0.798. The Labute approximate surface area is 77.6 Å². The molecule has 0 radical (unpaired) electrons. The molecular formula is C9H17BrO. The van der Waals surface area contributed by atoms with Gasteiger partial charge in [0.15, 0.2) is 0 Å². The van der Waals surface area contributed by atoms with Crippen LogP contribution in [0.4, 0.5) is 0 Å². The smallest absolute Gasteiger partial charge is 0.0490 e. The zero-order chi connectivity index (χ0) is 8.10. The molecule has 1 aliphatic carbocycles. The summed E-state index contributed by atoms with van der Waals surface area (Å²) in [6.45, 7) is 0.947. The van der Waals surface area contributed by atoms with Gasteiger partial charge in [0, 0.05) is 18.5 Å². The molecule has 2 atom stereocenters. The normalized spacial score (nSPS) is 33.3. The van der Waals surface area contributed by atoms with E-state index in [1.807, 2.05) is 0 Å². The Morgan fingerprint density at radius 2 is 2.09 bits per heavy atom. The van der Waals surface area contributed by atoms with E-state index in [-0.39, 0.29) is 0 Å². The van der Waals surface area contributed by atoms with Crippen LogP contribution in [-0.4, -0.2) is 18.5 Å². The van der Waals surface area contributed by atoms with Crippen LogP contribution in [0, 0.1) is 5.92 Å². The summed E-state index contributed by atoms with van der Waals surface area (Å²) in [6.07, 6.45) is 6.77. The van der Waals surface area contributed by atoms with Crippen molar-refractivity contribution in [3.05, 3.63) is 0 Å². The van der Waals surface area contributed by atoms with Crippen LogP contribution in [-0.2, 0) is 4.74 Å². The van der Waals surface area contributed by atoms with Gasteiger partial charge in [-0.2, -0.15) is 0 Å². The van der Waals surface area contributed by atoms with E-state index in [2.05, 4.69) is 15.9 Å². The Balaban J connectivity index is 2.27. The van der Waals surface area contributed by atoms with Crippen molar-refractivity contribution in [1.29, 1.82) is 0 Å². The molecule has 0 aromatic rings. The SMILES string of the molecule is COCC1CCCCC(Br)C1. The third-order valence-corrected chi connectivity index (χ3v) is 3.20. The fourth-order valence-corrected chi connectivity index (χ4v) is 2.64. The zero-order valence-corrected chi connectivity index (χ0v) is 8.77. The summed E-state index contributed by atoms with van der Waals surface area (Å²) in [4.78, 5) is 0.741. The molecule has 0 spiro atoms. The van der Waals surface area contributed by atoms with E-state index in [0.717, 1.165) is 17.4 Å². The number of hydrogen-bond acceptors (Lipinski definition) is 1. The van der Waals surface area contributed by atoms with Crippen molar-refractivity contribution in [2.45, 2.75) is 36.9 Å². The Bertz CT molecular complexity index is 106. The third-order valence-electron chi connectivity index (χ3n) is 2.37. The average molecular weight is 221 g/mol. The van der Waals surface area contributed by atoms with Crippen LogP contribution in [0.25, 0.3) is 0 Å². The highest BCUT2D eigenvalue weighted by molar-refractivity contribution is 9.09. The lowest BCUT2D eigenvalue weighted by Crippen LogP contribution is -2.10. The van der Waals surface area contributed by atoms with E-state index in [0.29, 0.717) is 0 Å². The zero-order valence-electron chi connectivity index (χ0n) is 7.18. The standard InChI is InChI=1S/C9H17BrO/c1-11-7-8-4-2-3-5-9(10)6-8/h8-9H,2-7H2,1H3. The van der Waals surface area contributed by atoms with Crippen molar-refractivity contribution in [1.82, 2.24) is 0 Å². The van der Waals surface area contributed by atoms with Crippen molar-refractivity contribution in [2.75, 3.05) is 13.7 Å². The molecule has 2 heteroatoms. The molecular weight excluding hydrogens is 204 g/mol. The highest BCUT2D eigenvalue weighted by Gasteiger charge is 2.17. The quantitative estimate of drug-likeness (QED) is 0.514. The lowest BCUT2D eigenvalue weighted by molar-refractivity contribution is 0.145. The monoisotopic (exact) mass is 220 g/mol. The summed E-state index contributed by atoms with van der Waals surface area (Å²) < 4.78 is 5.16. The van der Waals surface area contributed by atoms with Gasteiger partial charge in [0.05, 0.1) is 0 Å². The molecule has 0 amide bonds. The second kappa shape index (κ2) is 5.15. The van der Waals surface area contributed by atoms with E-state index in [1.165, 1.54) is 32.1 Å². The highest BCUT2D eigenvalue weighted by atomic mass is 79.9. The Kier molecular flexibility index (Phi) is 4.46. The predicted molar refractivity (Wildman–Crippen MR) is 51.2 cm³/mol. The molecule has 0 aromatic heterocycles. The van der Waals surface area contributed by atoms with Gasteiger partial charge in [-0.15, -0.1) is 0 Å². The molecule has 1 aliphatic rings. The number of halogens is 1. The van der Waals surface area contributed by atoms with Gasteiger partial charge in [-0.25, -0.2) is 0 Å². The van der Waals surface area contributed by atoms with Gasteiger partial charge in [-0.05, 0) is 25.2 Å². The molecule has 0 heterocycles. The summed E-state index contributed by atoms with van der Waals surface area (Å²) in [7, 11) is 1.80. The molecule has 11 heavy (non-hydrogen) atoms. The molecule has 1 fully saturated rings. The topological polar surface area (TPSA) is 9.23 Å². The van der Waals surface area contributed by atoms with E-state index in [9.17, 15) is 0 Å². The molecule has 0 bridgehead atoms. The number of ether oxygens (including phenoxy) is 1. The summed E-state index contributed by atoms with van der Waals surface area (Å²) in [5.41, 5.74) is 0. The molecule has 0 saturated heterocycles. The molecule has 1 nitrogen and oxygen atoms in total. The largest absolute Gasteiger partial charge is 0.384 e. The van der Waals surface area contributed by atoms with Crippen LogP contribution >= 0.6 is 15.9 Å². The minimum Gasteiger partial charge on any atom is -0.384 e. The fraction of sp³-hybridized carbons (Fsp3) is 1.00. The first-order chi connectivity index (χ1) is 5.33. The lowest BCUT2D eigenvalue weighted by atomic mass is 10.0. The van der Waals surface area contributed by atoms with Gasteiger partial charge in [0.1, 0.15) is 0 Å². The summed E-state index contributed by atoms with van der Waals surface area (Å²) in [6, 6.07) is 0. The number of rotatable bonds is 2. The van der Waals surface area contributed by atoms with Gasteiger partial charge in [-0.3, -0.25) is 0 Å². The first kappa shape index (κ1) is 9.53. The number of alkyl halides is 1. The number of hydrogen-bond donors (Lipinski definition) is 0. The van der Waals surface area contributed by atoms with Crippen LogP contribution in [0.2, 0.25) is 0 Å². The molecule has 0 aromatic carbocycles. The van der Waals surface area contributed by atoms with E-state index in [4.69, 9.17) is 4.74 Å². The van der Waals surface area contributed by atoms with Crippen molar-refractivity contribution in [3.8, 4) is 0 Å². The predicted octanol–water partition coefficient (Wildman–Crippen LogP) is 2.98. The van der Waals surface area contributed by atoms with Crippen LogP contribution < -0.4 is 0 Å². The van der Waals surface area contributed by atoms with Crippen molar-refractivity contribution in [3.63, 3.8) is 0 Å². The van der Waals surface area contributed by atoms with Gasteiger partial charge in [0.2, 0.25) is 0 Å². The van der Waals surface area contributed by atoms with Crippen LogP contribution in [0.3, 0.4) is 0 Å². The Morgan fingerprint density at radius 3 is 2.82 bits per heavy atom.